The number of allylic oxidation sites excluding steroid dienone is 1. The number of hydrogen-bond acceptors (Lipinski definition) is 6. The lowest BCUT2D eigenvalue weighted by molar-refractivity contribution is 0.0150. The van der Waals surface area contributed by atoms with E-state index in [-0.39, 0.29) is 5.91 Å². The van der Waals surface area contributed by atoms with E-state index in [9.17, 15) is 4.79 Å². The van der Waals surface area contributed by atoms with Crippen LogP contribution in [0.3, 0.4) is 0 Å². The van der Waals surface area contributed by atoms with Gasteiger partial charge in [0.15, 0.2) is 5.82 Å². The number of anilines is 1. The highest BCUT2D eigenvalue weighted by Gasteiger charge is 2.25. The molecule has 0 spiro atoms. The molecule has 1 atom stereocenters. The third-order valence-corrected chi connectivity index (χ3v) is 7.59. The fraction of sp³-hybridized carbons (Fsp3) is 0.429. The number of nitrogens with zero attached hydrogens (tertiary/aromatic N) is 5. The Morgan fingerprint density at radius 1 is 1.03 bits per heavy atom. The van der Waals surface area contributed by atoms with E-state index in [4.69, 9.17) is 4.74 Å². The van der Waals surface area contributed by atoms with Crippen LogP contribution in [0.25, 0.3) is 11.4 Å². The monoisotopic (exact) mass is 484 g/mol. The van der Waals surface area contributed by atoms with Crippen molar-refractivity contribution >= 4 is 17.2 Å². The molecule has 186 valence electrons. The Bertz CT molecular complexity index is 1250. The van der Waals surface area contributed by atoms with Crippen molar-refractivity contribution in [2.45, 2.75) is 51.0 Å². The second-order valence-corrected chi connectivity index (χ2v) is 9.97. The van der Waals surface area contributed by atoms with Gasteiger partial charge in [0.25, 0.3) is 5.91 Å². The summed E-state index contributed by atoms with van der Waals surface area (Å²) in [5.41, 5.74) is 5.50. The van der Waals surface area contributed by atoms with Crippen LogP contribution >= 0.6 is 0 Å². The summed E-state index contributed by atoms with van der Waals surface area (Å²) < 4.78 is 7.20. The fourth-order valence-electron chi connectivity index (χ4n) is 5.23. The van der Waals surface area contributed by atoms with Crippen LogP contribution in [-0.2, 0) is 4.74 Å². The third-order valence-electron chi connectivity index (χ3n) is 7.59. The molecule has 6 rings (SSSR count). The number of morpholine rings is 1. The van der Waals surface area contributed by atoms with Crippen LogP contribution < -0.4 is 5.32 Å². The first-order chi connectivity index (χ1) is 17.7. The Labute approximate surface area is 211 Å². The first-order valence-corrected chi connectivity index (χ1v) is 13.0. The highest BCUT2D eigenvalue weighted by Crippen LogP contribution is 2.39. The van der Waals surface area contributed by atoms with Crippen molar-refractivity contribution in [3.05, 3.63) is 71.4 Å². The van der Waals surface area contributed by atoms with Crippen LogP contribution in [0.15, 0.2) is 48.9 Å². The zero-order valence-electron chi connectivity index (χ0n) is 20.7. The number of rotatable bonds is 6. The van der Waals surface area contributed by atoms with E-state index in [0.29, 0.717) is 23.2 Å². The Kier molecular flexibility index (Phi) is 6.37. The minimum atomic E-state index is -0.201. The van der Waals surface area contributed by atoms with Gasteiger partial charge in [-0.1, -0.05) is 12.1 Å². The number of pyridine rings is 2. The maximum atomic E-state index is 13.0. The molecule has 1 amide bonds. The molecule has 8 heteroatoms. The van der Waals surface area contributed by atoms with Crippen LogP contribution in [0.1, 0.15) is 65.3 Å². The molecule has 1 saturated heterocycles. The molecule has 3 aromatic heterocycles. The van der Waals surface area contributed by atoms with Gasteiger partial charge < -0.3 is 10.1 Å². The largest absolute Gasteiger partial charge is 0.379 e. The molecule has 1 N–H and O–H groups in total. The standard InChI is InChI=1S/C28H32N6O2/c1-19-25(18-31-34(19)27-11-6-22(16-30-27)20-2-3-20)28(35)32-23-7-10-26(29-17-23)21-4-8-24(9-5-21)33-12-14-36-15-13-33/h4,6-7,10-11,16-18,20,24H,2-3,5,8-9,12-15H2,1H3,(H,32,35). The van der Waals surface area contributed by atoms with E-state index >= 15 is 0 Å². The van der Waals surface area contributed by atoms with E-state index in [0.717, 1.165) is 62.8 Å². The molecule has 2 fully saturated rings. The molecular formula is C28H32N6O2. The Balaban J connectivity index is 1.09. The molecule has 8 nitrogen and oxygen atoms in total. The summed E-state index contributed by atoms with van der Waals surface area (Å²) in [5.74, 6) is 1.18. The Morgan fingerprint density at radius 2 is 1.89 bits per heavy atom. The van der Waals surface area contributed by atoms with Gasteiger partial charge in [-0.05, 0) is 74.3 Å². The average Bonchev–Trinajstić information content (AvgIpc) is 3.71. The molecule has 0 bridgehead atoms. The van der Waals surface area contributed by atoms with Crippen LogP contribution in [0, 0.1) is 6.92 Å². The highest BCUT2D eigenvalue weighted by molar-refractivity contribution is 6.04. The van der Waals surface area contributed by atoms with Gasteiger partial charge >= 0.3 is 0 Å². The summed E-state index contributed by atoms with van der Waals surface area (Å²) in [5, 5.41) is 7.38. The number of nitrogens with one attached hydrogen (secondary N) is 1. The first kappa shape index (κ1) is 23.1. The molecule has 1 aliphatic heterocycles. The minimum absolute atomic E-state index is 0.201. The summed E-state index contributed by atoms with van der Waals surface area (Å²) in [6.45, 7) is 5.63. The first-order valence-electron chi connectivity index (χ1n) is 13.0. The Morgan fingerprint density at radius 3 is 2.56 bits per heavy atom. The normalized spacial score (nSPS) is 20.7. The van der Waals surface area contributed by atoms with Crippen molar-refractivity contribution in [3.8, 4) is 5.82 Å². The van der Waals surface area contributed by atoms with E-state index in [1.54, 1.807) is 17.1 Å². The number of carbonyl (C=O) groups is 1. The molecule has 2 aliphatic carbocycles. The molecule has 4 heterocycles. The van der Waals surface area contributed by atoms with Crippen molar-refractivity contribution in [2.24, 2.45) is 0 Å². The summed E-state index contributed by atoms with van der Waals surface area (Å²) in [6.07, 6.45) is 13.3. The smallest absolute Gasteiger partial charge is 0.259 e. The molecule has 3 aliphatic rings. The SMILES string of the molecule is Cc1c(C(=O)Nc2ccc(C3=CCC(N4CCOCC4)CC3)nc2)cnn1-c1ccc(C2CC2)cn1. The van der Waals surface area contributed by atoms with Gasteiger partial charge in [0.1, 0.15) is 0 Å². The van der Waals surface area contributed by atoms with Gasteiger partial charge in [0.2, 0.25) is 0 Å². The number of aromatic nitrogens is 4. The van der Waals surface area contributed by atoms with Gasteiger partial charge in [-0.2, -0.15) is 5.10 Å². The van der Waals surface area contributed by atoms with Crippen LogP contribution in [-0.4, -0.2) is 62.9 Å². The zero-order valence-corrected chi connectivity index (χ0v) is 20.7. The second-order valence-electron chi connectivity index (χ2n) is 9.97. The van der Waals surface area contributed by atoms with Gasteiger partial charge in [-0.25, -0.2) is 9.67 Å². The highest BCUT2D eigenvalue weighted by atomic mass is 16.5. The van der Waals surface area contributed by atoms with E-state index in [1.807, 2.05) is 31.3 Å². The topological polar surface area (TPSA) is 85.2 Å². The number of amides is 1. The van der Waals surface area contributed by atoms with Crippen molar-refractivity contribution in [2.75, 3.05) is 31.6 Å². The van der Waals surface area contributed by atoms with Crippen molar-refractivity contribution in [1.29, 1.82) is 0 Å². The maximum absolute atomic E-state index is 13.0. The lowest BCUT2D eigenvalue weighted by Crippen LogP contribution is -2.43. The van der Waals surface area contributed by atoms with Crippen molar-refractivity contribution < 1.29 is 9.53 Å². The molecule has 0 aromatic carbocycles. The summed E-state index contributed by atoms with van der Waals surface area (Å²) in [6, 6.07) is 8.61. The van der Waals surface area contributed by atoms with Crippen molar-refractivity contribution in [1.82, 2.24) is 24.6 Å². The summed E-state index contributed by atoms with van der Waals surface area (Å²) in [7, 11) is 0. The summed E-state index contributed by atoms with van der Waals surface area (Å²) in [4.78, 5) is 24.7. The predicted molar refractivity (Wildman–Crippen MR) is 138 cm³/mol. The lowest BCUT2D eigenvalue weighted by atomic mass is 9.92. The quantitative estimate of drug-likeness (QED) is 0.559. The van der Waals surface area contributed by atoms with E-state index in [1.165, 1.54) is 24.0 Å². The average molecular weight is 485 g/mol. The molecule has 1 saturated carbocycles. The Hall–Kier alpha value is -3.36. The molecular weight excluding hydrogens is 452 g/mol. The van der Waals surface area contributed by atoms with Crippen LogP contribution in [0.2, 0.25) is 0 Å². The summed E-state index contributed by atoms with van der Waals surface area (Å²) >= 11 is 0. The van der Waals surface area contributed by atoms with Gasteiger partial charge in [-0.15, -0.1) is 0 Å². The lowest BCUT2D eigenvalue weighted by Gasteiger charge is -2.36. The van der Waals surface area contributed by atoms with Crippen molar-refractivity contribution in [3.63, 3.8) is 0 Å². The zero-order chi connectivity index (χ0) is 24.5. The second kappa shape index (κ2) is 9.95. The number of carbonyl (C=O) groups excluding carboxylic acids is 1. The van der Waals surface area contributed by atoms with Crippen LogP contribution in [0.4, 0.5) is 5.69 Å². The van der Waals surface area contributed by atoms with Gasteiger partial charge in [0.05, 0.1) is 48.2 Å². The minimum Gasteiger partial charge on any atom is -0.379 e. The molecule has 0 radical (unpaired) electrons. The van der Waals surface area contributed by atoms with Gasteiger partial charge in [0, 0.05) is 25.3 Å². The van der Waals surface area contributed by atoms with Gasteiger partial charge in [-0.3, -0.25) is 14.7 Å². The molecule has 1 unspecified atom stereocenters. The molecule has 3 aromatic rings. The third kappa shape index (κ3) is 4.83. The van der Waals surface area contributed by atoms with E-state index < -0.39 is 0 Å². The van der Waals surface area contributed by atoms with Crippen LogP contribution in [0.5, 0.6) is 0 Å². The maximum Gasteiger partial charge on any atom is 0.259 e. The number of hydrogen-bond donors (Lipinski definition) is 1. The number of ether oxygens (including phenoxy) is 1. The van der Waals surface area contributed by atoms with E-state index in [2.05, 4.69) is 37.4 Å². The molecule has 36 heavy (non-hydrogen) atoms. The predicted octanol–water partition coefficient (Wildman–Crippen LogP) is 4.37. The fourth-order valence-corrected chi connectivity index (χ4v) is 5.23.